The summed E-state index contributed by atoms with van der Waals surface area (Å²) in [5.41, 5.74) is 1.08. The van der Waals surface area contributed by atoms with Crippen LogP contribution in [0.2, 0.25) is 0 Å². The molecule has 0 aliphatic rings. The number of urea groups is 1. The number of amides is 2. The Labute approximate surface area is 134 Å². The van der Waals surface area contributed by atoms with E-state index in [2.05, 4.69) is 21.2 Å². The molecular weight excluding hydrogens is 356 g/mol. The summed E-state index contributed by atoms with van der Waals surface area (Å²) >= 11 is 4.57. The highest BCUT2D eigenvalue weighted by Gasteiger charge is 2.16. The quantitative estimate of drug-likeness (QED) is 0.860. The topological polar surface area (TPSA) is 69.6 Å². The van der Waals surface area contributed by atoms with Crippen molar-refractivity contribution in [3.8, 4) is 0 Å². The number of halogens is 1. The molecule has 0 saturated carbocycles. The summed E-state index contributed by atoms with van der Waals surface area (Å²) in [6, 6.07) is 8.78. The van der Waals surface area contributed by atoms with E-state index >= 15 is 0 Å². The molecule has 0 fully saturated rings. The van der Waals surface area contributed by atoms with Crippen molar-refractivity contribution in [1.29, 1.82) is 0 Å². The lowest BCUT2D eigenvalue weighted by atomic mass is 10.2. The average molecular weight is 369 g/mol. The van der Waals surface area contributed by atoms with E-state index < -0.39 is 5.97 Å². The summed E-state index contributed by atoms with van der Waals surface area (Å²) in [6.45, 7) is 0.430. The van der Waals surface area contributed by atoms with Crippen LogP contribution in [0.15, 0.2) is 40.2 Å². The van der Waals surface area contributed by atoms with Crippen LogP contribution in [0.25, 0.3) is 0 Å². The van der Waals surface area contributed by atoms with Crippen LogP contribution in [-0.2, 0) is 6.54 Å². The van der Waals surface area contributed by atoms with Gasteiger partial charge in [0.25, 0.3) is 0 Å². The number of rotatable bonds is 4. The number of thiophene rings is 1. The molecule has 2 amide bonds. The molecule has 110 valence electrons. The van der Waals surface area contributed by atoms with Gasteiger partial charge in [0.1, 0.15) is 5.00 Å². The number of carboxylic acid groups (broad SMARTS) is 1. The van der Waals surface area contributed by atoms with E-state index in [0.29, 0.717) is 11.5 Å². The summed E-state index contributed by atoms with van der Waals surface area (Å²) in [5, 5.41) is 13.6. The van der Waals surface area contributed by atoms with Gasteiger partial charge in [-0.3, -0.25) is 5.32 Å². The van der Waals surface area contributed by atoms with Crippen molar-refractivity contribution >= 4 is 44.3 Å². The van der Waals surface area contributed by atoms with E-state index in [1.54, 1.807) is 12.4 Å². The van der Waals surface area contributed by atoms with E-state index in [9.17, 15) is 9.59 Å². The molecule has 0 unspecified atom stereocenters. The Bertz CT molecular complexity index is 672. The monoisotopic (exact) mass is 368 g/mol. The number of carbonyl (C=O) groups is 2. The third-order valence-corrected chi connectivity index (χ3v) is 4.09. The zero-order valence-corrected chi connectivity index (χ0v) is 13.6. The molecule has 5 nitrogen and oxygen atoms in total. The maximum absolute atomic E-state index is 12.1. The van der Waals surface area contributed by atoms with Gasteiger partial charge in [0, 0.05) is 18.1 Å². The Morgan fingerprint density at radius 1 is 1.38 bits per heavy atom. The Morgan fingerprint density at radius 2 is 2.14 bits per heavy atom. The van der Waals surface area contributed by atoms with Crippen LogP contribution in [0.4, 0.5) is 9.80 Å². The lowest BCUT2D eigenvalue weighted by Crippen LogP contribution is -2.31. The molecule has 2 N–H and O–H groups in total. The first-order valence-electron chi connectivity index (χ1n) is 6.04. The summed E-state index contributed by atoms with van der Waals surface area (Å²) in [6.07, 6.45) is 0. The molecule has 2 aromatic rings. The molecule has 1 aromatic heterocycles. The van der Waals surface area contributed by atoms with Crippen molar-refractivity contribution in [2.45, 2.75) is 6.54 Å². The van der Waals surface area contributed by atoms with Gasteiger partial charge in [-0.05, 0) is 29.1 Å². The highest BCUT2D eigenvalue weighted by atomic mass is 79.9. The second kappa shape index (κ2) is 6.73. The number of aromatic carboxylic acids is 1. The van der Waals surface area contributed by atoms with Crippen molar-refractivity contribution in [1.82, 2.24) is 4.90 Å². The minimum Gasteiger partial charge on any atom is -0.478 e. The lowest BCUT2D eigenvalue weighted by Gasteiger charge is -2.18. The van der Waals surface area contributed by atoms with Gasteiger partial charge in [-0.1, -0.05) is 28.1 Å². The molecule has 0 spiro atoms. The molecule has 0 aliphatic carbocycles. The number of nitrogens with zero attached hydrogens (tertiary/aromatic N) is 1. The van der Waals surface area contributed by atoms with Gasteiger partial charge in [-0.25, -0.2) is 9.59 Å². The maximum Gasteiger partial charge on any atom is 0.338 e. The van der Waals surface area contributed by atoms with E-state index in [4.69, 9.17) is 5.11 Å². The number of hydrogen-bond donors (Lipinski definition) is 2. The number of benzene rings is 1. The normalized spacial score (nSPS) is 10.2. The summed E-state index contributed by atoms with van der Waals surface area (Å²) in [7, 11) is 1.66. The van der Waals surface area contributed by atoms with Gasteiger partial charge >= 0.3 is 12.0 Å². The molecule has 2 rings (SSSR count). The van der Waals surface area contributed by atoms with E-state index in [0.717, 1.165) is 10.0 Å². The fourth-order valence-electron chi connectivity index (χ4n) is 1.75. The number of anilines is 1. The fourth-order valence-corrected chi connectivity index (χ4v) is 2.96. The van der Waals surface area contributed by atoms with E-state index in [1.807, 2.05) is 24.3 Å². The second-order valence-electron chi connectivity index (χ2n) is 4.38. The summed E-state index contributed by atoms with van der Waals surface area (Å²) in [4.78, 5) is 24.6. The highest BCUT2D eigenvalue weighted by molar-refractivity contribution is 9.10. The number of carboxylic acids is 1. The fraction of sp³-hybridized carbons (Fsp3) is 0.143. The smallest absolute Gasteiger partial charge is 0.338 e. The molecule has 0 atom stereocenters. The Hall–Kier alpha value is -1.86. The zero-order chi connectivity index (χ0) is 15.4. The first kappa shape index (κ1) is 15.5. The number of hydrogen-bond acceptors (Lipinski definition) is 3. The van der Waals surface area contributed by atoms with Crippen LogP contribution < -0.4 is 5.32 Å². The Kier molecular flexibility index (Phi) is 4.98. The standard InChI is InChI=1S/C14H13BrN2O3S/c1-17(8-9-3-2-4-10(15)7-9)14(20)16-12-11(13(18)19)5-6-21-12/h2-7H,8H2,1H3,(H,16,20)(H,18,19). The maximum atomic E-state index is 12.1. The molecule has 0 bridgehead atoms. The molecule has 0 saturated heterocycles. The van der Waals surface area contributed by atoms with Crippen molar-refractivity contribution in [3.63, 3.8) is 0 Å². The second-order valence-corrected chi connectivity index (χ2v) is 6.22. The predicted molar refractivity (Wildman–Crippen MR) is 85.9 cm³/mol. The largest absolute Gasteiger partial charge is 0.478 e. The first-order chi connectivity index (χ1) is 9.97. The van der Waals surface area contributed by atoms with Gasteiger partial charge in [-0.2, -0.15) is 0 Å². The Morgan fingerprint density at radius 3 is 2.81 bits per heavy atom. The summed E-state index contributed by atoms with van der Waals surface area (Å²) < 4.78 is 0.945. The summed E-state index contributed by atoms with van der Waals surface area (Å²) in [5.74, 6) is -1.05. The third-order valence-electron chi connectivity index (χ3n) is 2.77. The van der Waals surface area contributed by atoms with Crippen LogP contribution in [0.1, 0.15) is 15.9 Å². The molecule has 1 aromatic carbocycles. The average Bonchev–Trinajstić information content (AvgIpc) is 2.87. The SMILES string of the molecule is CN(Cc1cccc(Br)c1)C(=O)Nc1sccc1C(=O)O. The van der Waals surface area contributed by atoms with Crippen molar-refractivity contribution in [2.75, 3.05) is 12.4 Å². The number of carbonyl (C=O) groups excluding carboxylic acids is 1. The molecule has 21 heavy (non-hydrogen) atoms. The predicted octanol–water partition coefficient (Wildman–Crippen LogP) is 3.87. The van der Waals surface area contributed by atoms with Crippen molar-refractivity contribution in [3.05, 3.63) is 51.3 Å². The van der Waals surface area contributed by atoms with Crippen LogP contribution in [0.5, 0.6) is 0 Å². The molecule has 7 heteroatoms. The van der Waals surface area contributed by atoms with Crippen LogP contribution in [-0.4, -0.2) is 29.1 Å². The van der Waals surface area contributed by atoms with Gasteiger partial charge in [0.05, 0.1) is 5.56 Å². The molecular formula is C14H13BrN2O3S. The third kappa shape index (κ3) is 4.05. The molecule has 1 heterocycles. The van der Waals surface area contributed by atoms with Gasteiger partial charge in [-0.15, -0.1) is 11.3 Å². The van der Waals surface area contributed by atoms with Crippen LogP contribution in [0.3, 0.4) is 0 Å². The zero-order valence-electron chi connectivity index (χ0n) is 11.2. The van der Waals surface area contributed by atoms with Crippen LogP contribution >= 0.6 is 27.3 Å². The van der Waals surface area contributed by atoms with Gasteiger partial charge in [0.15, 0.2) is 0 Å². The minimum atomic E-state index is -1.05. The minimum absolute atomic E-state index is 0.101. The van der Waals surface area contributed by atoms with Crippen molar-refractivity contribution < 1.29 is 14.7 Å². The van der Waals surface area contributed by atoms with Crippen molar-refractivity contribution in [2.24, 2.45) is 0 Å². The van der Waals surface area contributed by atoms with Crippen LogP contribution in [0, 0.1) is 0 Å². The number of nitrogens with one attached hydrogen (secondary N) is 1. The van der Waals surface area contributed by atoms with E-state index in [1.165, 1.54) is 22.3 Å². The lowest BCUT2D eigenvalue weighted by molar-refractivity contribution is 0.0698. The Balaban J connectivity index is 2.03. The highest BCUT2D eigenvalue weighted by Crippen LogP contribution is 2.23. The van der Waals surface area contributed by atoms with Gasteiger partial charge in [0.2, 0.25) is 0 Å². The molecule has 0 radical (unpaired) electrons. The van der Waals surface area contributed by atoms with Gasteiger partial charge < -0.3 is 10.0 Å². The first-order valence-corrected chi connectivity index (χ1v) is 7.72. The molecule has 0 aliphatic heterocycles. The van der Waals surface area contributed by atoms with E-state index in [-0.39, 0.29) is 11.6 Å².